The van der Waals surface area contributed by atoms with E-state index in [0.29, 0.717) is 19.8 Å². The van der Waals surface area contributed by atoms with Gasteiger partial charge in [0.1, 0.15) is 0 Å². The van der Waals surface area contributed by atoms with Gasteiger partial charge in [0.2, 0.25) is 0 Å². The number of nitrogens with one attached hydrogen (secondary N) is 2. The molecule has 122 valence electrons. The second-order valence-electron chi connectivity index (χ2n) is 4.69. The van der Waals surface area contributed by atoms with Crippen LogP contribution in [-0.2, 0) is 9.47 Å². The first kappa shape index (κ1) is 22.5. The number of guanidine groups is 1. The molecule has 0 fully saturated rings. The van der Waals surface area contributed by atoms with E-state index in [-0.39, 0.29) is 28.7 Å². The van der Waals surface area contributed by atoms with Gasteiger partial charge in [-0.15, -0.1) is 24.0 Å². The number of hydrogen-bond donors (Lipinski definition) is 2. The SMILES string of the molecule is CCNC(=NCC(C)(C)SC)NCCOCCOC.I. The van der Waals surface area contributed by atoms with E-state index in [1.807, 2.05) is 11.8 Å². The average molecular weight is 419 g/mol. The molecule has 0 unspecified atom stereocenters. The zero-order valence-electron chi connectivity index (χ0n) is 13.3. The van der Waals surface area contributed by atoms with Crippen LogP contribution in [0.2, 0.25) is 0 Å². The first-order valence-corrected chi connectivity index (χ1v) is 7.92. The maximum absolute atomic E-state index is 5.39. The zero-order valence-corrected chi connectivity index (χ0v) is 16.5. The van der Waals surface area contributed by atoms with E-state index in [9.17, 15) is 0 Å². The molecule has 0 aromatic heterocycles. The summed E-state index contributed by atoms with van der Waals surface area (Å²) < 4.78 is 10.5. The highest BCUT2D eigenvalue weighted by molar-refractivity contribution is 14.0. The van der Waals surface area contributed by atoms with Gasteiger partial charge in [0, 0.05) is 24.9 Å². The van der Waals surface area contributed by atoms with Crippen LogP contribution in [0.4, 0.5) is 0 Å². The number of nitrogens with zero attached hydrogens (tertiary/aromatic N) is 1. The van der Waals surface area contributed by atoms with Gasteiger partial charge in [-0.25, -0.2) is 0 Å². The molecule has 0 amide bonds. The van der Waals surface area contributed by atoms with Gasteiger partial charge in [0.25, 0.3) is 0 Å². The summed E-state index contributed by atoms with van der Waals surface area (Å²) in [5.74, 6) is 0.847. The number of rotatable bonds is 10. The van der Waals surface area contributed by atoms with Gasteiger partial charge in [0.05, 0.1) is 26.4 Å². The van der Waals surface area contributed by atoms with Crippen molar-refractivity contribution in [2.24, 2.45) is 4.99 Å². The Kier molecular flexibility index (Phi) is 16.0. The molecule has 0 atom stereocenters. The fraction of sp³-hybridized carbons (Fsp3) is 0.923. The quantitative estimate of drug-likeness (QED) is 0.246. The molecule has 0 aliphatic heterocycles. The summed E-state index contributed by atoms with van der Waals surface area (Å²) in [7, 11) is 1.67. The van der Waals surface area contributed by atoms with E-state index in [1.165, 1.54) is 0 Å². The Balaban J connectivity index is 0. The van der Waals surface area contributed by atoms with Crippen molar-refractivity contribution in [3.63, 3.8) is 0 Å². The lowest BCUT2D eigenvalue weighted by Crippen LogP contribution is -2.40. The van der Waals surface area contributed by atoms with Gasteiger partial charge >= 0.3 is 0 Å². The molecule has 20 heavy (non-hydrogen) atoms. The van der Waals surface area contributed by atoms with Gasteiger partial charge in [-0.05, 0) is 27.0 Å². The Labute approximate surface area is 145 Å². The predicted molar refractivity (Wildman–Crippen MR) is 99.7 cm³/mol. The second-order valence-corrected chi connectivity index (χ2v) is 6.20. The molecule has 0 bridgehead atoms. The Bertz CT molecular complexity index is 254. The fourth-order valence-electron chi connectivity index (χ4n) is 1.16. The Morgan fingerprint density at radius 3 is 2.45 bits per heavy atom. The van der Waals surface area contributed by atoms with E-state index < -0.39 is 0 Å². The summed E-state index contributed by atoms with van der Waals surface area (Å²) in [4.78, 5) is 4.58. The highest BCUT2D eigenvalue weighted by atomic mass is 127. The van der Waals surface area contributed by atoms with Gasteiger partial charge < -0.3 is 20.1 Å². The van der Waals surface area contributed by atoms with Gasteiger partial charge in [-0.3, -0.25) is 4.99 Å². The molecule has 0 radical (unpaired) electrons. The summed E-state index contributed by atoms with van der Waals surface area (Å²) in [6, 6.07) is 0. The van der Waals surface area contributed by atoms with Gasteiger partial charge in [-0.2, -0.15) is 11.8 Å². The molecule has 0 aliphatic carbocycles. The molecule has 7 heteroatoms. The maximum atomic E-state index is 5.39. The van der Waals surface area contributed by atoms with E-state index in [2.05, 4.69) is 42.7 Å². The molecular formula is C13H30IN3O2S. The monoisotopic (exact) mass is 419 g/mol. The lowest BCUT2D eigenvalue weighted by Gasteiger charge is -2.20. The third-order valence-corrected chi connectivity index (χ3v) is 3.72. The van der Waals surface area contributed by atoms with Gasteiger partial charge in [-0.1, -0.05) is 0 Å². The normalized spacial score (nSPS) is 11.9. The molecule has 0 spiro atoms. The summed E-state index contributed by atoms with van der Waals surface area (Å²) in [6.45, 7) is 10.8. The summed E-state index contributed by atoms with van der Waals surface area (Å²) >= 11 is 1.82. The van der Waals surface area contributed by atoms with Crippen LogP contribution >= 0.6 is 35.7 Å². The molecule has 0 heterocycles. The van der Waals surface area contributed by atoms with E-state index in [4.69, 9.17) is 9.47 Å². The van der Waals surface area contributed by atoms with Crippen molar-refractivity contribution < 1.29 is 9.47 Å². The number of thioether (sulfide) groups is 1. The largest absolute Gasteiger partial charge is 0.382 e. The molecule has 0 saturated carbocycles. The second kappa shape index (κ2) is 14.2. The molecule has 0 aliphatic rings. The minimum Gasteiger partial charge on any atom is -0.382 e. The molecular weight excluding hydrogens is 389 g/mol. The van der Waals surface area contributed by atoms with Crippen molar-refractivity contribution in [1.82, 2.24) is 10.6 Å². The number of halogens is 1. The Morgan fingerprint density at radius 2 is 1.90 bits per heavy atom. The summed E-state index contributed by atoms with van der Waals surface area (Å²) in [5, 5.41) is 6.49. The fourth-order valence-corrected chi connectivity index (χ4v) is 1.36. The van der Waals surface area contributed by atoms with E-state index >= 15 is 0 Å². The predicted octanol–water partition coefficient (Wildman–Crippen LogP) is 1.96. The molecule has 0 aromatic rings. The van der Waals surface area contributed by atoms with Gasteiger partial charge in [0.15, 0.2) is 5.96 Å². The number of aliphatic imine (C=N–C) groups is 1. The van der Waals surface area contributed by atoms with Crippen LogP contribution in [0.1, 0.15) is 20.8 Å². The summed E-state index contributed by atoms with van der Waals surface area (Å²) in [5.41, 5.74) is 0. The molecule has 5 nitrogen and oxygen atoms in total. The van der Waals surface area contributed by atoms with Crippen LogP contribution < -0.4 is 10.6 Å². The van der Waals surface area contributed by atoms with E-state index in [1.54, 1.807) is 7.11 Å². The van der Waals surface area contributed by atoms with Crippen LogP contribution in [0, 0.1) is 0 Å². The zero-order chi connectivity index (χ0) is 14.6. The van der Waals surface area contributed by atoms with Crippen molar-refractivity contribution >= 4 is 41.7 Å². The molecule has 0 rings (SSSR count). The smallest absolute Gasteiger partial charge is 0.191 e. The number of methoxy groups -OCH3 is 1. The lowest BCUT2D eigenvalue weighted by atomic mass is 10.2. The van der Waals surface area contributed by atoms with Crippen LogP contribution in [0.3, 0.4) is 0 Å². The topological polar surface area (TPSA) is 54.9 Å². The first-order valence-electron chi connectivity index (χ1n) is 6.69. The molecule has 0 aromatic carbocycles. The Morgan fingerprint density at radius 1 is 1.20 bits per heavy atom. The van der Waals surface area contributed by atoms with Crippen LogP contribution in [-0.4, -0.2) is 63.5 Å². The van der Waals surface area contributed by atoms with Crippen molar-refractivity contribution in [2.45, 2.75) is 25.5 Å². The minimum atomic E-state index is 0. The highest BCUT2D eigenvalue weighted by Gasteiger charge is 2.15. The van der Waals surface area contributed by atoms with Crippen molar-refractivity contribution in [2.75, 3.05) is 52.8 Å². The number of hydrogen-bond acceptors (Lipinski definition) is 4. The van der Waals surface area contributed by atoms with Crippen LogP contribution in [0.25, 0.3) is 0 Å². The van der Waals surface area contributed by atoms with Crippen LogP contribution in [0.15, 0.2) is 4.99 Å². The van der Waals surface area contributed by atoms with Crippen LogP contribution in [0.5, 0.6) is 0 Å². The molecule has 0 saturated heterocycles. The third kappa shape index (κ3) is 13.3. The first-order chi connectivity index (χ1) is 9.05. The standard InChI is InChI=1S/C13H29N3O2S.HI/c1-6-14-12(16-11-13(2,3)19-5)15-7-8-18-10-9-17-4;/h6-11H2,1-5H3,(H2,14,15,16);1H. The third-order valence-electron chi connectivity index (χ3n) is 2.49. The highest BCUT2D eigenvalue weighted by Crippen LogP contribution is 2.20. The lowest BCUT2D eigenvalue weighted by molar-refractivity contribution is 0.0733. The van der Waals surface area contributed by atoms with Crippen molar-refractivity contribution in [3.05, 3.63) is 0 Å². The average Bonchev–Trinajstić information content (AvgIpc) is 2.40. The Hall–Kier alpha value is 0.270. The van der Waals surface area contributed by atoms with Crippen molar-refractivity contribution in [1.29, 1.82) is 0 Å². The van der Waals surface area contributed by atoms with Crippen molar-refractivity contribution in [3.8, 4) is 0 Å². The maximum Gasteiger partial charge on any atom is 0.191 e. The number of ether oxygens (including phenoxy) is 2. The van der Waals surface area contributed by atoms with E-state index in [0.717, 1.165) is 25.6 Å². The summed E-state index contributed by atoms with van der Waals surface area (Å²) in [6.07, 6.45) is 2.11. The molecule has 2 N–H and O–H groups in total. The minimum absolute atomic E-state index is 0.